The predicted molar refractivity (Wildman–Crippen MR) is 112 cm³/mol. The highest BCUT2D eigenvalue weighted by molar-refractivity contribution is 14.1. The minimum absolute atomic E-state index is 0.859. The van der Waals surface area contributed by atoms with E-state index in [4.69, 9.17) is 4.52 Å². The molecule has 0 fully saturated rings. The minimum Gasteiger partial charge on any atom is -0.464 e. The van der Waals surface area contributed by atoms with E-state index >= 15 is 0 Å². The van der Waals surface area contributed by atoms with Crippen LogP contribution in [0.3, 0.4) is 0 Å². The van der Waals surface area contributed by atoms with Gasteiger partial charge in [-0.2, -0.15) is 0 Å². The van der Waals surface area contributed by atoms with E-state index in [1.807, 2.05) is 30.3 Å². The van der Waals surface area contributed by atoms with Crippen LogP contribution in [-0.2, 0) is 0 Å². The summed E-state index contributed by atoms with van der Waals surface area (Å²) < 4.78 is 8.80. The molecule has 0 aliphatic heterocycles. The number of rotatable bonds is 4. The van der Waals surface area contributed by atoms with E-state index in [2.05, 4.69) is 93.7 Å². The molecule has 0 saturated heterocycles. The van der Waals surface area contributed by atoms with Crippen LogP contribution in [0.25, 0.3) is 0 Å². The van der Waals surface area contributed by atoms with Crippen LogP contribution in [0.1, 0.15) is 0 Å². The molecule has 0 amide bonds. The third-order valence-corrected chi connectivity index (χ3v) is 6.43. The Labute approximate surface area is 159 Å². The monoisotopic (exact) mass is 530 g/mol. The van der Waals surface area contributed by atoms with Gasteiger partial charge in [0.05, 0.1) is 0 Å². The fourth-order valence-corrected chi connectivity index (χ4v) is 4.39. The summed E-state index contributed by atoms with van der Waals surface area (Å²) >= 11 is 4.66. The molecule has 0 aliphatic carbocycles. The first kappa shape index (κ1) is 16.2. The van der Waals surface area contributed by atoms with Crippen molar-refractivity contribution in [3.8, 4) is 5.75 Å². The molecule has 0 bridgehead atoms. The Morgan fingerprint density at radius 2 is 1.05 bits per heavy atom. The second-order valence-electron chi connectivity index (χ2n) is 4.65. The van der Waals surface area contributed by atoms with E-state index in [1.165, 1.54) is 17.7 Å². The zero-order valence-corrected chi connectivity index (χ0v) is 16.8. The van der Waals surface area contributed by atoms with Crippen LogP contribution in [0.2, 0.25) is 0 Å². The van der Waals surface area contributed by atoms with Crippen LogP contribution in [0, 0.1) is 7.14 Å². The summed E-state index contributed by atoms with van der Waals surface area (Å²) in [5.74, 6) is 0.908. The lowest BCUT2D eigenvalue weighted by Crippen LogP contribution is -2.15. The van der Waals surface area contributed by atoms with Crippen molar-refractivity contribution in [2.75, 3.05) is 0 Å². The molecule has 0 radical (unpaired) electrons. The van der Waals surface area contributed by atoms with Crippen LogP contribution in [0.5, 0.6) is 5.75 Å². The molecule has 0 unspecified atom stereocenters. The third kappa shape index (κ3) is 4.21. The van der Waals surface area contributed by atoms with E-state index in [-0.39, 0.29) is 0 Å². The lowest BCUT2D eigenvalue weighted by molar-refractivity contribution is 0.630. The van der Waals surface area contributed by atoms with Gasteiger partial charge in [0.25, 0.3) is 0 Å². The Morgan fingerprint density at radius 3 is 1.50 bits per heavy atom. The maximum absolute atomic E-state index is 6.33. The largest absolute Gasteiger partial charge is 0.464 e. The highest BCUT2D eigenvalue weighted by Crippen LogP contribution is 2.36. The van der Waals surface area contributed by atoms with E-state index in [9.17, 15) is 0 Å². The summed E-state index contributed by atoms with van der Waals surface area (Å²) in [6, 6.07) is 27.2. The molecule has 0 spiro atoms. The quantitative estimate of drug-likeness (QED) is 0.328. The van der Waals surface area contributed by atoms with Crippen LogP contribution in [0.4, 0.5) is 0 Å². The van der Waals surface area contributed by atoms with E-state index in [0.29, 0.717) is 0 Å². The first-order valence-corrected chi connectivity index (χ1v) is 10.2. The average molecular weight is 530 g/mol. The summed E-state index contributed by atoms with van der Waals surface area (Å²) in [4.78, 5) is 0. The Balaban J connectivity index is 1.97. The summed E-state index contributed by atoms with van der Waals surface area (Å²) in [5, 5.41) is 2.45. The Kier molecular flexibility index (Phi) is 5.71. The fourth-order valence-electron chi connectivity index (χ4n) is 1.99. The molecule has 0 heterocycles. The molecule has 0 N–H and O–H groups in total. The SMILES string of the molecule is Ic1ccc(P(Oc2ccccc2)c2ccc(I)cc2)cc1. The number of hydrogen-bond acceptors (Lipinski definition) is 1. The van der Waals surface area contributed by atoms with Crippen molar-refractivity contribution in [2.45, 2.75) is 0 Å². The van der Waals surface area contributed by atoms with Gasteiger partial charge in [-0.1, -0.05) is 18.2 Å². The fraction of sp³-hybridized carbons (Fsp3) is 0. The molecule has 3 rings (SSSR count). The smallest absolute Gasteiger partial charge is 0.150 e. The van der Waals surface area contributed by atoms with Gasteiger partial charge in [-0.15, -0.1) is 0 Å². The molecule has 22 heavy (non-hydrogen) atoms. The van der Waals surface area contributed by atoms with Gasteiger partial charge >= 0.3 is 0 Å². The Hall–Kier alpha value is -0.650. The summed E-state index contributed by atoms with van der Waals surface area (Å²) in [6.07, 6.45) is 0. The topological polar surface area (TPSA) is 9.23 Å². The van der Waals surface area contributed by atoms with Crippen LogP contribution < -0.4 is 15.1 Å². The van der Waals surface area contributed by atoms with Crippen molar-refractivity contribution in [1.82, 2.24) is 0 Å². The van der Waals surface area contributed by atoms with Crippen molar-refractivity contribution in [1.29, 1.82) is 0 Å². The predicted octanol–water partition coefficient (Wildman–Crippen LogP) is 5.32. The van der Waals surface area contributed by atoms with Crippen molar-refractivity contribution in [3.05, 3.63) is 86.0 Å². The molecule has 3 aromatic rings. The molecule has 1 nitrogen and oxygen atoms in total. The molecule has 0 aliphatic rings. The van der Waals surface area contributed by atoms with Crippen molar-refractivity contribution < 1.29 is 4.52 Å². The lowest BCUT2D eigenvalue weighted by Gasteiger charge is -2.19. The standard InChI is InChI=1S/C18H13I2OP/c19-14-6-10-17(11-7-14)22(18-12-8-15(20)9-13-18)21-16-4-2-1-3-5-16/h1-13H. The number of halogens is 2. The van der Waals surface area contributed by atoms with Gasteiger partial charge in [-0.25, -0.2) is 0 Å². The lowest BCUT2D eigenvalue weighted by atomic mass is 10.3. The number of para-hydroxylation sites is 1. The molecule has 4 heteroatoms. The van der Waals surface area contributed by atoms with Gasteiger partial charge in [0.2, 0.25) is 0 Å². The second kappa shape index (κ2) is 7.75. The van der Waals surface area contributed by atoms with Gasteiger partial charge in [-0.3, -0.25) is 0 Å². The van der Waals surface area contributed by atoms with Crippen molar-refractivity contribution >= 4 is 63.9 Å². The maximum Gasteiger partial charge on any atom is 0.150 e. The summed E-state index contributed by atoms with van der Waals surface area (Å²) in [7, 11) is -0.859. The first-order chi connectivity index (χ1) is 10.7. The van der Waals surface area contributed by atoms with Crippen LogP contribution in [0.15, 0.2) is 78.9 Å². The Bertz CT molecular complexity index is 682. The van der Waals surface area contributed by atoms with Gasteiger partial charge in [0, 0.05) is 17.7 Å². The zero-order chi connectivity index (χ0) is 15.4. The Morgan fingerprint density at radius 1 is 0.591 bits per heavy atom. The molecule has 0 atom stereocenters. The average Bonchev–Trinajstić information content (AvgIpc) is 2.56. The van der Waals surface area contributed by atoms with Crippen molar-refractivity contribution in [3.63, 3.8) is 0 Å². The van der Waals surface area contributed by atoms with Crippen LogP contribution >= 0.6 is 53.3 Å². The highest BCUT2D eigenvalue weighted by atomic mass is 127. The summed E-state index contributed by atoms with van der Waals surface area (Å²) in [6.45, 7) is 0. The van der Waals surface area contributed by atoms with Crippen LogP contribution in [-0.4, -0.2) is 0 Å². The van der Waals surface area contributed by atoms with Gasteiger partial charge in [0.1, 0.15) is 5.75 Å². The van der Waals surface area contributed by atoms with E-state index < -0.39 is 8.15 Å². The molecule has 0 aromatic heterocycles. The molecular formula is C18H13I2OP. The molecular weight excluding hydrogens is 517 g/mol. The molecule has 110 valence electrons. The normalized spacial score (nSPS) is 10.7. The van der Waals surface area contributed by atoms with Crippen molar-refractivity contribution in [2.24, 2.45) is 0 Å². The minimum atomic E-state index is -0.859. The van der Waals surface area contributed by atoms with Gasteiger partial charge < -0.3 is 4.52 Å². The van der Waals surface area contributed by atoms with Gasteiger partial charge in [-0.05, 0) is 106 Å². The summed E-state index contributed by atoms with van der Waals surface area (Å²) in [5.41, 5.74) is 0. The highest BCUT2D eigenvalue weighted by Gasteiger charge is 2.17. The van der Waals surface area contributed by atoms with E-state index in [0.717, 1.165) is 5.75 Å². The maximum atomic E-state index is 6.33. The molecule has 0 saturated carbocycles. The van der Waals surface area contributed by atoms with Gasteiger partial charge in [0.15, 0.2) is 8.15 Å². The van der Waals surface area contributed by atoms with E-state index in [1.54, 1.807) is 0 Å². The molecule has 3 aromatic carbocycles. The number of hydrogen-bond donors (Lipinski definition) is 0. The zero-order valence-electron chi connectivity index (χ0n) is 11.6. The third-order valence-electron chi connectivity index (χ3n) is 3.06. The first-order valence-electron chi connectivity index (χ1n) is 6.77. The number of benzene rings is 3. The second-order valence-corrected chi connectivity index (χ2v) is 8.95.